The Hall–Kier alpha value is -3.86. The summed E-state index contributed by atoms with van der Waals surface area (Å²) in [6, 6.07) is 22.3. The molecule has 5 heteroatoms. The normalized spacial score (nSPS) is 11.2. The van der Waals surface area contributed by atoms with Crippen LogP contribution in [-0.2, 0) is 24.3 Å². The highest BCUT2D eigenvalue weighted by Gasteiger charge is 2.13. The van der Waals surface area contributed by atoms with Crippen LogP contribution in [0.15, 0.2) is 89.8 Å². The summed E-state index contributed by atoms with van der Waals surface area (Å²) in [6.45, 7) is 1.23. The first-order valence-corrected chi connectivity index (χ1v) is 9.96. The van der Waals surface area contributed by atoms with E-state index in [-0.39, 0.29) is 5.91 Å². The number of rotatable bonds is 6. The third kappa shape index (κ3) is 3.70. The van der Waals surface area contributed by atoms with Gasteiger partial charge in [0.15, 0.2) is 0 Å². The summed E-state index contributed by atoms with van der Waals surface area (Å²) in [5, 5.41) is 10.5. The number of nitrogens with one attached hydrogen (secondary N) is 1. The largest absolute Gasteiger partial charge is 0.464 e. The maximum atomic E-state index is 12.6. The number of aromatic nitrogens is 2. The van der Waals surface area contributed by atoms with E-state index in [4.69, 9.17) is 4.42 Å². The summed E-state index contributed by atoms with van der Waals surface area (Å²) in [4.78, 5) is 12.6. The van der Waals surface area contributed by atoms with Crippen molar-refractivity contribution >= 4 is 27.6 Å². The van der Waals surface area contributed by atoms with E-state index in [0.717, 1.165) is 39.4 Å². The average molecular weight is 395 g/mol. The zero-order chi connectivity index (χ0) is 20.3. The van der Waals surface area contributed by atoms with Gasteiger partial charge < -0.3 is 9.73 Å². The van der Waals surface area contributed by atoms with Crippen molar-refractivity contribution in [3.63, 3.8) is 0 Å². The Bertz CT molecular complexity index is 1300. The fourth-order valence-electron chi connectivity index (χ4n) is 3.78. The average Bonchev–Trinajstić information content (AvgIpc) is 3.43. The molecule has 0 atom stereocenters. The number of hydrogen-bond donors (Lipinski definition) is 1. The molecule has 0 saturated carbocycles. The summed E-state index contributed by atoms with van der Waals surface area (Å²) in [5.74, 6) is -0.0220. The smallest absolute Gasteiger partial charge is 0.224 e. The van der Waals surface area contributed by atoms with Gasteiger partial charge in [0, 0.05) is 29.9 Å². The molecule has 0 unspecified atom stereocenters. The highest BCUT2D eigenvalue weighted by Crippen LogP contribution is 2.30. The fraction of sp³-hybridized carbons (Fsp3) is 0.120. The van der Waals surface area contributed by atoms with E-state index < -0.39 is 0 Å². The van der Waals surface area contributed by atoms with Gasteiger partial charge in [0.1, 0.15) is 5.58 Å². The summed E-state index contributed by atoms with van der Waals surface area (Å²) in [7, 11) is 0. The van der Waals surface area contributed by atoms with Gasteiger partial charge in [0.2, 0.25) is 5.91 Å². The summed E-state index contributed by atoms with van der Waals surface area (Å²) in [5.41, 5.74) is 3.96. The van der Waals surface area contributed by atoms with E-state index in [1.54, 1.807) is 12.5 Å². The number of fused-ring (bicyclic) bond motifs is 3. The van der Waals surface area contributed by atoms with Crippen molar-refractivity contribution in [3.05, 3.63) is 102 Å². The zero-order valence-electron chi connectivity index (χ0n) is 16.4. The molecule has 30 heavy (non-hydrogen) atoms. The Labute approximate surface area is 173 Å². The van der Waals surface area contributed by atoms with Crippen LogP contribution in [0, 0.1) is 0 Å². The summed E-state index contributed by atoms with van der Waals surface area (Å²) < 4.78 is 7.57. The standard InChI is InChI=1S/C25H21N3O2/c29-24(26-15-18-6-8-19(9-7-18)16-28-13-3-12-27-28)14-21-17-30-23-11-10-20-4-1-2-5-22(20)25(21)23/h1-13,17H,14-16H2,(H,26,29). The molecule has 2 heterocycles. The Morgan fingerprint density at radius 2 is 1.80 bits per heavy atom. The summed E-state index contributed by atoms with van der Waals surface area (Å²) >= 11 is 0. The van der Waals surface area contributed by atoms with Gasteiger partial charge in [-0.25, -0.2) is 0 Å². The maximum Gasteiger partial charge on any atom is 0.224 e. The molecule has 1 N–H and O–H groups in total. The predicted molar refractivity (Wildman–Crippen MR) is 117 cm³/mol. The first kappa shape index (κ1) is 18.2. The highest BCUT2D eigenvalue weighted by molar-refractivity contribution is 6.08. The molecule has 148 valence electrons. The van der Waals surface area contributed by atoms with Gasteiger partial charge in [0.25, 0.3) is 0 Å². The van der Waals surface area contributed by atoms with Crippen molar-refractivity contribution in [2.75, 3.05) is 0 Å². The van der Waals surface area contributed by atoms with Crippen molar-refractivity contribution < 1.29 is 9.21 Å². The molecule has 0 spiro atoms. The Balaban J connectivity index is 1.25. The molecule has 2 aromatic heterocycles. The van der Waals surface area contributed by atoms with Crippen LogP contribution in [0.25, 0.3) is 21.7 Å². The molecule has 0 radical (unpaired) electrons. The lowest BCUT2D eigenvalue weighted by Crippen LogP contribution is -2.24. The predicted octanol–water partition coefficient (Wildman–Crippen LogP) is 4.69. The Morgan fingerprint density at radius 1 is 0.967 bits per heavy atom. The van der Waals surface area contributed by atoms with Crippen molar-refractivity contribution in [1.29, 1.82) is 0 Å². The zero-order valence-corrected chi connectivity index (χ0v) is 16.4. The number of amides is 1. The number of furan rings is 1. The van der Waals surface area contributed by atoms with Crippen molar-refractivity contribution in [2.24, 2.45) is 0 Å². The first-order chi connectivity index (χ1) is 14.8. The second-order valence-corrected chi connectivity index (χ2v) is 7.39. The molecule has 0 aliphatic carbocycles. The van der Waals surface area contributed by atoms with Crippen LogP contribution in [0.1, 0.15) is 16.7 Å². The molecular weight excluding hydrogens is 374 g/mol. The molecule has 3 aromatic carbocycles. The first-order valence-electron chi connectivity index (χ1n) is 9.96. The third-order valence-electron chi connectivity index (χ3n) is 5.31. The van der Waals surface area contributed by atoms with Gasteiger partial charge in [-0.05, 0) is 34.0 Å². The van der Waals surface area contributed by atoms with Crippen LogP contribution in [-0.4, -0.2) is 15.7 Å². The molecule has 5 rings (SSSR count). The minimum atomic E-state index is -0.0220. The maximum absolute atomic E-state index is 12.6. The van der Waals surface area contributed by atoms with E-state index in [1.165, 1.54) is 5.56 Å². The van der Waals surface area contributed by atoms with E-state index in [2.05, 4.69) is 34.7 Å². The van der Waals surface area contributed by atoms with Crippen LogP contribution < -0.4 is 5.32 Å². The van der Waals surface area contributed by atoms with Crippen LogP contribution >= 0.6 is 0 Å². The van der Waals surface area contributed by atoms with Gasteiger partial charge in [-0.1, -0.05) is 54.6 Å². The molecule has 0 saturated heterocycles. The minimum Gasteiger partial charge on any atom is -0.464 e. The topological polar surface area (TPSA) is 60.1 Å². The van der Waals surface area contributed by atoms with Crippen LogP contribution in [0.3, 0.4) is 0 Å². The number of carbonyl (C=O) groups excluding carboxylic acids is 1. The molecule has 5 aromatic rings. The number of nitrogens with zero attached hydrogens (tertiary/aromatic N) is 2. The molecular formula is C25H21N3O2. The van der Waals surface area contributed by atoms with Crippen LogP contribution in [0.4, 0.5) is 0 Å². The molecule has 5 nitrogen and oxygen atoms in total. The molecule has 0 aliphatic heterocycles. The van der Waals surface area contributed by atoms with E-state index in [9.17, 15) is 4.79 Å². The monoisotopic (exact) mass is 395 g/mol. The van der Waals surface area contributed by atoms with E-state index >= 15 is 0 Å². The second kappa shape index (κ2) is 7.87. The quantitative estimate of drug-likeness (QED) is 0.454. The van der Waals surface area contributed by atoms with Crippen molar-refractivity contribution in [2.45, 2.75) is 19.5 Å². The number of hydrogen-bond acceptors (Lipinski definition) is 3. The number of benzene rings is 3. The summed E-state index contributed by atoms with van der Waals surface area (Å²) in [6.07, 6.45) is 5.70. The lowest BCUT2D eigenvalue weighted by atomic mass is 10.0. The van der Waals surface area contributed by atoms with Gasteiger partial charge >= 0.3 is 0 Å². The molecule has 0 fully saturated rings. The van der Waals surface area contributed by atoms with E-state index in [0.29, 0.717) is 13.0 Å². The molecule has 0 aliphatic rings. The van der Waals surface area contributed by atoms with Gasteiger partial charge in [-0.15, -0.1) is 0 Å². The van der Waals surface area contributed by atoms with Gasteiger partial charge in [-0.3, -0.25) is 9.48 Å². The minimum absolute atomic E-state index is 0.0220. The highest BCUT2D eigenvalue weighted by atomic mass is 16.3. The Morgan fingerprint density at radius 3 is 2.63 bits per heavy atom. The van der Waals surface area contributed by atoms with Gasteiger partial charge in [0.05, 0.1) is 19.2 Å². The van der Waals surface area contributed by atoms with Crippen molar-refractivity contribution in [1.82, 2.24) is 15.1 Å². The fourth-order valence-corrected chi connectivity index (χ4v) is 3.78. The molecule has 1 amide bonds. The van der Waals surface area contributed by atoms with Crippen molar-refractivity contribution in [3.8, 4) is 0 Å². The third-order valence-corrected chi connectivity index (χ3v) is 5.31. The lowest BCUT2D eigenvalue weighted by Gasteiger charge is -2.07. The van der Waals surface area contributed by atoms with Crippen LogP contribution in [0.2, 0.25) is 0 Å². The number of carbonyl (C=O) groups is 1. The van der Waals surface area contributed by atoms with Crippen LogP contribution in [0.5, 0.6) is 0 Å². The molecule has 0 bridgehead atoms. The lowest BCUT2D eigenvalue weighted by molar-refractivity contribution is -0.120. The second-order valence-electron chi connectivity index (χ2n) is 7.39. The SMILES string of the molecule is O=C(Cc1coc2ccc3ccccc3c12)NCc1ccc(Cn2cccn2)cc1. The van der Waals surface area contributed by atoms with E-state index in [1.807, 2.05) is 53.3 Å². The van der Waals surface area contributed by atoms with Gasteiger partial charge in [-0.2, -0.15) is 5.10 Å². The Kier molecular flexibility index (Phi) is 4.77.